The topological polar surface area (TPSA) is 58.0 Å². The summed E-state index contributed by atoms with van der Waals surface area (Å²) in [5.41, 5.74) is 0.738. The lowest BCUT2D eigenvalue weighted by atomic mass is 10.2. The molecular weight excluding hydrogens is 248 g/mol. The van der Waals surface area contributed by atoms with Gasteiger partial charge < -0.3 is 5.11 Å². The molecule has 14 heavy (non-hydrogen) atoms. The van der Waals surface area contributed by atoms with Crippen molar-refractivity contribution in [3.05, 3.63) is 20.5 Å². The summed E-state index contributed by atoms with van der Waals surface area (Å²) in [6.45, 7) is 1.84. The van der Waals surface area contributed by atoms with Crippen molar-refractivity contribution in [1.29, 1.82) is 0 Å². The summed E-state index contributed by atoms with van der Waals surface area (Å²) in [6, 6.07) is -0.0764. The van der Waals surface area contributed by atoms with Crippen LogP contribution in [-0.4, -0.2) is 21.0 Å². The first-order valence-electron chi connectivity index (χ1n) is 4.76. The van der Waals surface area contributed by atoms with Crippen LogP contribution in [0.5, 0.6) is 0 Å². The average molecular weight is 261 g/mol. The number of aliphatic hydroxyl groups excluding tert-OH is 1. The monoisotopic (exact) mass is 260 g/mol. The first kappa shape index (κ1) is 9.98. The van der Waals surface area contributed by atoms with E-state index in [2.05, 4.69) is 21.0 Å². The number of nitrogens with zero attached hydrogens (tertiary/aromatic N) is 1. The number of hydrogen-bond acceptors (Lipinski definition) is 2. The Morgan fingerprint density at radius 1 is 1.57 bits per heavy atom. The molecule has 78 valence electrons. The van der Waals surface area contributed by atoms with Crippen LogP contribution in [0.15, 0.2) is 9.27 Å². The standard InChI is InChI=1S/C9H13BrN2O2/c1-5-8(10)9(14)12(11-5)6-3-2-4-7(6)13/h6-7,11,13H,2-4H2,1H3. The first-order valence-corrected chi connectivity index (χ1v) is 5.55. The molecule has 5 heteroatoms. The summed E-state index contributed by atoms with van der Waals surface area (Å²) in [6.07, 6.45) is 2.24. The van der Waals surface area contributed by atoms with Gasteiger partial charge in [0, 0.05) is 5.69 Å². The summed E-state index contributed by atoms with van der Waals surface area (Å²) in [5, 5.41) is 12.7. The van der Waals surface area contributed by atoms with Gasteiger partial charge in [-0.1, -0.05) is 0 Å². The predicted octanol–water partition coefficient (Wildman–Crippen LogP) is 1.33. The van der Waals surface area contributed by atoms with Crippen molar-refractivity contribution in [3.8, 4) is 0 Å². The molecule has 0 spiro atoms. The van der Waals surface area contributed by atoms with E-state index in [1.807, 2.05) is 6.92 Å². The van der Waals surface area contributed by atoms with Gasteiger partial charge in [0.15, 0.2) is 0 Å². The van der Waals surface area contributed by atoms with Gasteiger partial charge in [0.05, 0.1) is 12.1 Å². The Labute approximate surface area is 90.0 Å². The molecule has 2 N–H and O–H groups in total. The number of H-pyrrole nitrogens is 1. The SMILES string of the molecule is Cc1[nH]n(C2CCCC2O)c(=O)c1Br. The summed E-state index contributed by atoms with van der Waals surface area (Å²) < 4.78 is 2.11. The van der Waals surface area contributed by atoms with E-state index in [4.69, 9.17) is 0 Å². The zero-order valence-electron chi connectivity index (χ0n) is 7.96. The maximum atomic E-state index is 11.7. The zero-order chi connectivity index (χ0) is 10.3. The van der Waals surface area contributed by atoms with Crippen LogP contribution in [0.2, 0.25) is 0 Å². The number of aryl methyl sites for hydroxylation is 1. The third-order valence-electron chi connectivity index (χ3n) is 2.80. The number of aromatic amines is 1. The molecule has 0 aromatic carbocycles. The minimum absolute atomic E-state index is 0.0755. The average Bonchev–Trinajstić information content (AvgIpc) is 2.66. The maximum absolute atomic E-state index is 11.7. The molecule has 1 aliphatic carbocycles. The van der Waals surface area contributed by atoms with Gasteiger partial charge in [-0.15, -0.1) is 0 Å². The molecule has 0 radical (unpaired) electrons. The van der Waals surface area contributed by atoms with Gasteiger partial charge in [0.2, 0.25) is 0 Å². The summed E-state index contributed by atoms with van der Waals surface area (Å²) >= 11 is 3.22. The molecule has 0 bridgehead atoms. The molecule has 1 saturated carbocycles. The van der Waals surface area contributed by atoms with Gasteiger partial charge in [-0.05, 0) is 42.1 Å². The quantitative estimate of drug-likeness (QED) is 0.801. The molecule has 1 aromatic rings. The van der Waals surface area contributed by atoms with Crippen molar-refractivity contribution >= 4 is 15.9 Å². The Hall–Kier alpha value is -0.550. The van der Waals surface area contributed by atoms with Crippen molar-refractivity contribution < 1.29 is 5.11 Å². The lowest BCUT2D eigenvalue weighted by Gasteiger charge is -2.14. The summed E-state index contributed by atoms with van der Waals surface area (Å²) in [7, 11) is 0. The highest BCUT2D eigenvalue weighted by Gasteiger charge is 2.29. The van der Waals surface area contributed by atoms with E-state index in [1.165, 1.54) is 4.68 Å². The highest BCUT2D eigenvalue weighted by Crippen LogP contribution is 2.29. The lowest BCUT2D eigenvalue weighted by molar-refractivity contribution is 0.128. The van der Waals surface area contributed by atoms with Crippen molar-refractivity contribution in [2.75, 3.05) is 0 Å². The highest BCUT2D eigenvalue weighted by atomic mass is 79.9. The smallest absolute Gasteiger partial charge is 0.281 e. The molecule has 2 rings (SSSR count). The second kappa shape index (κ2) is 3.55. The Morgan fingerprint density at radius 3 is 2.71 bits per heavy atom. The Morgan fingerprint density at radius 2 is 2.29 bits per heavy atom. The molecule has 2 unspecified atom stereocenters. The molecule has 0 saturated heterocycles. The van der Waals surface area contributed by atoms with E-state index >= 15 is 0 Å². The molecule has 0 aliphatic heterocycles. The Kier molecular flexibility index (Phi) is 2.53. The normalized spacial score (nSPS) is 27.1. The molecule has 4 nitrogen and oxygen atoms in total. The van der Waals surface area contributed by atoms with Crippen LogP contribution < -0.4 is 5.56 Å². The first-order chi connectivity index (χ1) is 6.61. The number of halogens is 1. The fraction of sp³-hybridized carbons (Fsp3) is 0.667. The van der Waals surface area contributed by atoms with E-state index in [0.717, 1.165) is 25.0 Å². The fourth-order valence-electron chi connectivity index (χ4n) is 2.00. The molecule has 2 atom stereocenters. The van der Waals surface area contributed by atoms with Crippen LogP contribution in [-0.2, 0) is 0 Å². The van der Waals surface area contributed by atoms with Gasteiger partial charge in [-0.2, -0.15) is 0 Å². The number of hydrogen-bond donors (Lipinski definition) is 2. The largest absolute Gasteiger partial charge is 0.391 e. The van der Waals surface area contributed by atoms with Crippen molar-refractivity contribution in [2.45, 2.75) is 38.3 Å². The van der Waals surface area contributed by atoms with E-state index < -0.39 is 6.10 Å². The summed E-state index contributed by atoms with van der Waals surface area (Å²) in [5.74, 6) is 0. The fourth-order valence-corrected chi connectivity index (χ4v) is 2.28. The maximum Gasteiger partial charge on any atom is 0.281 e. The Bertz CT molecular complexity index is 396. The van der Waals surface area contributed by atoms with Gasteiger partial charge in [-0.3, -0.25) is 9.89 Å². The second-order valence-corrected chi connectivity index (χ2v) is 4.58. The van der Waals surface area contributed by atoms with Crippen molar-refractivity contribution in [1.82, 2.24) is 9.78 Å². The third kappa shape index (κ3) is 1.44. The second-order valence-electron chi connectivity index (χ2n) is 3.79. The Balaban J connectivity index is 2.41. The molecule has 1 aromatic heterocycles. The molecule has 1 heterocycles. The van der Waals surface area contributed by atoms with Crippen LogP contribution in [0.1, 0.15) is 31.0 Å². The van der Waals surface area contributed by atoms with Crippen molar-refractivity contribution in [2.24, 2.45) is 0 Å². The van der Waals surface area contributed by atoms with E-state index in [9.17, 15) is 9.90 Å². The number of aliphatic hydroxyl groups is 1. The zero-order valence-corrected chi connectivity index (χ0v) is 9.54. The highest BCUT2D eigenvalue weighted by molar-refractivity contribution is 9.10. The van der Waals surface area contributed by atoms with Gasteiger partial charge in [0.1, 0.15) is 4.47 Å². The van der Waals surface area contributed by atoms with Gasteiger partial charge in [0.25, 0.3) is 5.56 Å². The lowest BCUT2D eigenvalue weighted by Crippen LogP contribution is -2.27. The van der Waals surface area contributed by atoms with Crippen LogP contribution >= 0.6 is 15.9 Å². The number of nitrogens with one attached hydrogen (secondary N) is 1. The van der Waals surface area contributed by atoms with Crippen LogP contribution in [0.4, 0.5) is 0 Å². The summed E-state index contributed by atoms with van der Waals surface area (Å²) in [4.78, 5) is 11.7. The van der Waals surface area contributed by atoms with E-state index in [1.54, 1.807) is 0 Å². The predicted molar refractivity (Wildman–Crippen MR) is 56.4 cm³/mol. The molecule has 1 aliphatic rings. The molecule has 1 fully saturated rings. The molecule has 0 amide bonds. The minimum atomic E-state index is -0.391. The van der Waals surface area contributed by atoms with Crippen LogP contribution in [0.3, 0.4) is 0 Å². The van der Waals surface area contributed by atoms with Crippen LogP contribution in [0.25, 0.3) is 0 Å². The van der Waals surface area contributed by atoms with Gasteiger partial charge in [-0.25, -0.2) is 4.68 Å². The van der Waals surface area contributed by atoms with E-state index in [-0.39, 0.29) is 11.6 Å². The van der Waals surface area contributed by atoms with Crippen molar-refractivity contribution in [3.63, 3.8) is 0 Å². The van der Waals surface area contributed by atoms with Gasteiger partial charge >= 0.3 is 0 Å². The number of aromatic nitrogens is 2. The minimum Gasteiger partial charge on any atom is -0.391 e. The molecular formula is C9H13BrN2O2. The van der Waals surface area contributed by atoms with Crippen LogP contribution in [0, 0.1) is 6.92 Å². The third-order valence-corrected chi connectivity index (χ3v) is 3.73. The van der Waals surface area contributed by atoms with E-state index in [0.29, 0.717) is 4.47 Å². The number of rotatable bonds is 1.